The molecule has 2 N–H and O–H groups in total. The van der Waals surface area contributed by atoms with E-state index >= 15 is 0 Å². The molecule has 5 heteroatoms. The number of hydrogen-bond donors (Lipinski definition) is 2. The van der Waals surface area contributed by atoms with Crippen LogP contribution in [0.15, 0.2) is 30.3 Å². The second kappa shape index (κ2) is 7.49. The van der Waals surface area contributed by atoms with Crippen molar-refractivity contribution in [3.8, 4) is 0 Å². The number of carbonyl (C=O) groups is 2. The number of rotatable bonds is 6. The van der Waals surface area contributed by atoms with Crippen LogP contribution in [-0.2, 0) is 10.2 Å². The van der Waals surface area contributed by atoms with Crippen molar-refractivity contribution in [1.29, 1.82) is 0 Å². The highest BCUT2D eigenvalue weighted by molar-refractivity contribution is 5.75. The molecule has 23 heavy (non-hydrogen) atoms. The summed E-state index contributed by atoms with van der Waals surface area (Å²) in [6.45, 7) is 2.41. The number of benzene rings is 1. The molecule has 126 valence electrons. The molecule has 2 rings (SSSR count). The molecule has 2 amide bonds. The fraction of sp³-hybridized carbons (Fsp3) is 0.556. The Morgan fingerprint density at radius 2 is 1.87 bits per heavy atom. The van der Waals surface area contributed by atoms with Crippen LogP contribution in [0.25, 0.3) is 0 Å². The average Bonchev–Trinajstić information content (AvgIpc) is 3.03. The Morgan fingerprint density at radius 3 is 2.43 bits per heavy atom. The van der Waals surface area contributed by atoms with Crippen LogP contribution in [0.1, 0.15) is 38.2 Å². The lowest BCUT2D eigenvalue weighted by molar-refractivity contribution is -0.141. The lowest BCUT2D eigenvalue weighted by atomic mass is 9.79. The van der Waals surface area contributed by atoms with Crippen molar-refractivity contribution in [3.63, 3.8) is 0 Å². The molecular formula is C18H26N2O3. The molecule has 0 bridgehead atoms. The minimum atomic E-state index is -0.888. The first-order chi connectivity index (χ1) is 10.9. The zero-order valence-corrected chi connectivity index (χ0v) is 13.9. The van der Waals surface area contributed by atoms with Gasteiger partial charge in [0.1, 0.15) is 0 Å². The van der Waals surface area contributed by atoms with Crippen molar-refractivity contribution in [2.45, 2.75) is 38.0 Å². The average molecular weight is 318 g/mol. The van der Waals surface area contributed by atoms with Crippen molar-refractivity contribution < 1.29 is 14.7 Å². The molecule has 1 aromatic rings. The van der Waals surface area contributed by atoms with E-state index in [2.05, 4.69) is 17.4 Å². The Kier molecular flexibility index (Phi) is 5.64. The Morgan fingerprint density at radius 1 is 1.26 bits per heavy atom. The predicted octanol–water partition coefficient (Wildman–Crippen LogP) is 2.86. The topological polar surface area (TPSA) is 69.6 Å². The van der Waals surface area contributed by atoms with Crippen LogP contribution in [0.5, 0.6) is 0 Å². The van der Waals surface area contributed by atoms with Gasteiger partial charge in [-0.25, -0.2) is 4.79 Å². The van der Waals surface area contributed by atoms with Crippen LogP contribution in [0, 0.1) is 5.92 Å². The molecule has 1 fully saturated rings. The molecule has 1 aliphatic carbocycles. The van der Waals surface area contributed by atoms with Crippen LogP contribution in [-0.4, -0.2) is 42.1 Å². The highest BCUT2D eigenvalue weighted by atomic mass is 16.4. The summed E-state index contributed by atoms with van der Waals surface area (Å²) in [7, 11) is 1.64. The van der Waals surface area contributed by atoms with E-state index in [0.29, 0.717) is 6.54 Å². The SMILES string of the molecule is CC(CN(C)C(=O)NCC1(c2ccccc2)CCCC1)C(=O)O. The third-order valence-corrected chi connectivity index (χ3v) is 4.84. The Hall–Kier alpha value is -2.04. The van der Waals surface area contributed by atoms with E-state index < -0.39 is 11.9 Å². The van der Waals surface area contributed by atoms with Crippen molar-refractivity contribution in [2.75, 3.05) is 20.1 Å². The van der Waals surface area contributed by atoms with E-state index in [1.54, 1.807) is 14.0 Å². The smallest absolute Gasteiger partial charge is 0.317 e. The second-order valence-electron chi connectivity index (χ2n) is 6.63. The second-order valence-corrected chi connectivity index (χ2v) is 6.63. The quantitative estimate of drug-likeness (QED) is 0.847. The fourth-order valence-corrected chi connectivity index (χ4v) is 3.36. The van der Waals surface area contributed by atoms with E-state index in [9.17, 15) is 9.59 Å². The van der Waals surface area contributed by atoms with Gasteiger partial charge in [-0.1, -0.05) is 50.1 Å². The molecule has 0 saturated heterocycles. The number of hydrogen-bond acceptors (Lipinski definition) is 2. The van der Waals surface area contributed by atoms with Gasteiger partial charge in [-0.3, -0.25) is 4.79 Å². The van der Waals surface area contributed by atoms with Gasteiger partial charge in [0.2, 0.25) is 0 Å². The van der Waals surface area contributed by atoms with Crippen molar-refractivity contribution in [3.05, 3.63) is 35.9 Å². The van der Waals surface area contributed by atoms with E-state index in [0.717, 1.165) is 12.8 Å². The van der Waals surface area contributed by atoms with Gasteiger partial charge >= 0.3 is 12.0 Å². The minimum absolute atomic E-state index is 0.0101. The van der Waals surface area contributed by atoms with E-state index in [1.807, 2.05) is 18.2 Å². The Bertz CT molecular complexity index is 538. The molecule has 0 heterocycles. The summed E-state index contributed by atoms with van der Waals surface area (Å²) < 4.78 is 0. The minimum Gasteiger partial charge on any atom is -0.481 e. The first kappa shape index (κ1) is 17.3. The first-order valence-electron chi connectivity index (χ1n) is 8.22. The normalized spacial score (nSPS) is 17.5. The number of nitrogens with zero attached hydrogens (tertiary/aromatic N) is 1. The van der Waals surface area contributed by atoms with Crippen molar-refractivity contribution in [2.24, 2.45) is 5.92 Å². The van der Waals surface area contributed by atoms with Gasteiger partial charge in [-0.05, 0) is 18.4 Å². The van der Waals surface area contributed by atoms with Gasteiger partial charge in [0.15, 0.2) is 0 Å². The van der Waals surface area contributed by atoms with E-state index in [1.165, 1.54) is 23.3 Å². The summed E-state index contributed by atoms with van der Waals surface area (Å²) >= 11 is 0. The third kappa shape index (κ3) is 4.24. The lowest BCUT2D eigenvalue weighted by Gasteiger charge is -2.31. The summed E-state index contributed by atoms with van der Waals surface area (Å²) in [5.41, 5.74) is 1.29. The molecular weight excluding hydrogens is 292 g/mol. The van der Waals surface area contributed by atoms with Gasteiger partial charge in [0.25, 0.3) is 0 Å². The van der Waals surface area contributed by atoms with Crippen LogP contribution in [0.3, 0.4) is 0 Å². The number of nitrogens with one attached hydrogen (secondary N) is 1. The number of carboxylic acids is 1. The molecule has 1 saturated carbocycles. The molecule has 5 nitrogen and oxygen atoms in total. The predicted molar refractivity (Wildman–Crippen MR) is 89.4 cm³/mol. The molecule has 0 radical (unpaired) electrons. The fourth-order valence-electron chi connectivity index (χ4n) is 3.36. The Balaban J connectivity index is 1.97. The molecule has 0 spiro atoms. The van der Waals surface area contributed by atoms with Crippen molar-refractivity contribution >= 4 is 12.0 Å². The maximum Gasteiger partial charge on any atom is 0.317 e. The Labute approximate surface area is 137 Å². The third-order valence-electron chi connectivity index (χ3n) is 4.84. The van der Waals surface area contributed by atoms with Gasteiger partial charge < -0.3 is 15.3 Å². The van der Waals surface area contributed by atoms with Crippen LogP contribution in [0.2, 0.25) is 0 Å². The van der Waals surface area contributed by atoms with Gasteiger partial charge in [0, 0.05) is 25.6 Å². The zero-order chi connectivity index (χ0) is 16.9. The number of aliphatic carboxylic acids is 1. The van der Waals surface area contributed by atoms with E-state index in [4.69, 9.17) is 5.11 Å². The maximum atomic E-state index is 12.3. The molecule has 0 aromatic heterocycles. The molecule has 0 aliphatic heterocycles. The lowest BCUT2D eigenvalue weighted by Crippen LogP contribution is -2.46. The number of carboxylic acid groups (broad SMARTS) is 1. The van der Waals surface area contributed by atoms with Gasteiger partial charge in [-0.2, -0.15) is 0 Å². The van der Waals surface area contributed by atoms with E-state index in [-0.39, 0.29) is 18.0 Å². The number of amides is 2. The van der Waals surface area contributed by atoms with Gasteiger partial charge in [-0.15, -0.1) is 0 Å². The molecule has 1 aromatic carbocycles. The van der Waals surface area contributed by atoms with Gasteiger partial charge in [0.05, 0.1) is 5.92 Å². The monoisotopic (exact) mass is 318 g/mol. The zero-order valence-electron chi connectivity index (χ0n) is 13.9. The molecule has 1 atom stereocenters. The summed E-state index contributed by atoms with van der Waals surface area (Å²) in [6.07, 6.45) is 4.51. The molecule has 1 unspecified atom stereocenters. The maximum absolute atomic E-state index is 12.3. The largest absolute Gasteiger partial charge is 0.481 e. The van der Waals surface area contributed by atoms with Crippen LogP contribution < -0.4 is 5.32 Å². The summed E-state index contributed by atoms with van der Waals surface area (Å²) in [6, 6.07) is 10.1. The summed E-state index contributed by atoms with van der Waals surface area (Å²) in [4.78, 5) is 24.6. The highest BCUT2D eigenvalue weighted by Gasteiger charge is 2.36. The standard InChI is InChI=1S/C18H26N2O3/c1-14(16(21)22)12-20(2)17(23)19-13-18(10-6-7-11-18)15-8-4-3-5-9-15/h3-5,8-9,14H,6-7,10-13H2,1-2H3,(H,19,23)(H,21,22). The van der Waals surface area contributed by atoms with Crippen LogP contribution >= 0.6 is 0 Å². The highest BCUT2D eigenvalue weighted by Crippen LogP contribution is 2.40. The summed E-state index contributed by atoms with van der Waals surface area (Å²) in [5, 5.41) is 11.9. The summed E-state index contributed by atoms with van der Waals surface area (Å²) in [5.74, 6) is -1.46. The van der Waals surface area contributed by atoms with Crippen molar-refractivity contribution in [1.82, 2.24) is 10.2 Å². The first-order valence-corrected chi connectivity index (χ1v) is 8.22. The number of urea groups is 1. The number of carbonyl (C=O) groups excluding carboxylic acids is 1. The van der Waals surface area contributed by atoms with Crippen LogP contribution in [0.4, 0.5) is 4.79 Å². The molecule has 1 aliphatic rings.